The van der Waals surface area contributed by atoms with Gasteiger partial charge in [0.15, 0.2) is 0 Å². The van der Waals surface area contributed by atoms with Gasteiger partial charge in [0.25, 0.3) is 5.91 Å². The minimum absolute atomic E-state index is 0.0205. The monoisotopic (exact) mass is 335 g/mol. The molecule has 1 aliphatic rings. The number of amides is 1. The van der Waals surface area contributed by atoms with Gasteiger partial charge in [-0.2, -0.15) is 0 Å². The van der Waals surface area contributed by atoms with Gasteiger partial charge in [-0.1, -0.05) is 19.9 Å². The van der Waals surface area contributed by atoms with Gasteiger partial charge < -0.3 is 10.1 Å². The molecule has 6 nitrogen and oxygen atoms in total. The fourth-order valence-corrected chi connectivity index (χ4v) is 2.55. The summed E-state index contributed by atoms with van der Waals surface area (Å²) in [5.41, 5.74) is 1.40. The molecule has 0 spiro atoms. The van der Waals surface area contributed by atoms with Gasteiger partial charge in [0.05, 0.1) is 5.52 Å². The van der Waals surface area contributed by atoms with Gasteiger partial charge in [-0.25, -0.2) is 4.98 Å². The van der Waals surface area contributed by atoms with Crippen LogP contribution in [-0.4, -0.2) is 21.7 Å². The first kappa shape index (κ1) is 16.6. The summed E-state index contributed by atoms with van der Waals surface area (Å²) in [4.78, 5) is 31.5. The highest BCUT2D eigenvalue weighted by Gasteiger charge is 2.27. The highest BCUT2D eigenvalue weighted by Crippen LogP contribution is 2.34. The number of benzene rings is 1. The molecule has 0 saturated carbocycles. The summed E-state index contributed by atoms with van der Waals surface area (Å²) >= 11 is 0. The number of carbonyl (C=O) groups is 2. The molecule has 1 aliphatic heterocycles. The third kappa shape index (κ3) is 3.19. The van der Waals surface area contributed by atoms with Crippen LogP contribution in [-0.2, 0) is 16.0 Å². The number of fused-ring (bicyclic) bond motifs is 2. The molecule has 0 atom stereocenters. The number of nitrogens with zero attached hydrogens (tertiary/aromatic N) is 2. The maximum Gasteiger partial charge on any atom is 0.293 e. The lowest BCUT2D eigenvalue weighted by Gasteiger charge is -2.18. The van der Waals surface area contributed by atoms with Crippen molar-refractivity contribution in [1.29, 1.82) is 0 Å². The number of nitrogens with one attached hydrogen (secondary N) is 1. The third-order valence-electron chi connectivity index (χ3n) is 3.66. The quantitative estimate of drug-likeness (QED) is 0.725. The van der Waals surface area contributed by atoms with Crippen LogP contribution in [0.4, 0.5) is 5.82 Å². The SMILES string of the molecule is CC.O=C1Cc2c(Oc3cccc4ncccc34)ccnc2NC1=O. The van der Waals surface area contributed by atoms with Gasteiger partial charge in [-0.15, -0.1) is 0 Å². The Morgan fingerprint density at radius 1 is 0.960 bits per heavy atom. The predicted molar refractivity (Wildman–Crippen MR) is 94.7 cm³/mol. The summed E-state index contributed by atoms with van der Waals surface area (Å²) < 4.78 is 5.99. The Morgan fingerprint density at radius 2 is 1.80 bits per heavy atom. The topological polar surface area (TPSA) is 81.2 Å². The zero-order chi connectivity index (χ0) is 17.8. The molecule has 3 aromatic rings. The number of ketones is 1. The Hall–Kier alpha value is -3.28. The normalized spacial score (nSPS) is 12.7. The van der Waals surface area contributed by atoms with Crippen molar-refractivity contribution < 1.29 is 14.3 Å². The molecule has 126 valence electrons. The Bertz CT molecular complexity index is 948. The molecule has 0 unspecified atom stereocenters. The average Bonchev–Trinajstić information content (AvgIpc) is 2.65. The van der Waals surface area contributed by atoms with Crippen molar-refractivity contribution in [2.45, 2.75) is 20.3 Å². The number of hydrogen-bond acceptors (Lipinski definition) is 5. The maximum absolute atomic E-state index is 11.7. The van der Waals surface area contributed by atoms with E-state index in [9.17, 15) is 9.59 Å². The Morgan fingerprint density at radius 3 is 2.64 bits per heavy atom. The van der Waals surface area contributed by atoms with E-state index in [1.54, 1.807) is 12.3 Å². The number of hydrogen-bond donors (Lipinski definition) is 1. The van der Waals surface area contributed by atoms with Crippen LogP contribution in [0, 0.1) is 0 Å². The van der Waals surface area contributed by atoms with E-state index in [-0.39, 0.29) is 6.42 Å². The highest BCUT2D eigenvalue weighted by atomic mass is 16.5. The molecule has 1 amide bonds. The number of ether oxygens (including phenoxy) is 1. The molecule has 4 rings (SSSR count). The van der Waals surface area contributed by atoms with E-state index in [0.29, 0.717) is 22.9 Å². The number of anilines is 1. The van der Waals surface area contributed by atoms with Crippen LogP contribution in [0.5, 0.6) is 11.5 Å². The second-order valence-electron chi connectivity index (χ2n) is 5.12. The van der Waals surface area contributed by atoms with Crippen LogP contribution in [0.15, 0.2) is 48.8 Å². The molecule has 6 heteroatoms. The van der Waals surface area contributed by atoms with Crippen molar-refractivity contribution in [2.75, 3.05) is 5.32 Å². The molecule has 0 aliphatic carbocycles. The van der Waals surface area contributed by atoms with E-state index in [1.165, 1.54) is 6.20 Å². The lowest BCUT2D eigenvalue weighted by Crippen LogP contribution is -2.30. The van der Waals surface area contributed by atoms with Gasteiger partial charge in [0.2, 0.25) is 5.78 Å². The Balaban J connectivity index is 0.000000880. The summed E-state index contributed by atoms with van der Waals surface area (Å²) in [5, 5.41) is 3.35. The lowest BCUT2D eigenvalue weighted by molar-refractivity contribution is -0.134. The van der Waals surface area contributed by atoms with Crippen LogP contribution in [0.1, 0.15) is 19.4 Å². The van der Waals surface area contributed by atoms with E-state index >= 15 is 0 Å². The first-order chi connectivity index (χ1) is 12.2. The van der Waals surface area contributed by atoms with Crippen LogP contribution < -0.4 is 10.1 Å². The minimum atomic E-state index is -0.642. The van der Waals surface area contributed by atoms with Crippen LogP contribution >= 0.6 is 0 Å². The number of Topliss-reactive ketones (excluding diaryl/α,β-unsaturated/α-hetero) is 1. The molecule has 1 aromatic carbocycles. The highest BCUT2D eigenvalue weighted by molar-refractivity contribution is 6.42. The molecular formula is C19H17N3O3. The van der Waals surface area contributed by atoms with Gasteiger partial charge >= 0.3 is 0 Å². The first-order valence-electron chi connectivity index (χ1n) is 8.06. The third-order valence-corrected chi connectivity index (χ3v) is 3.66. The summed E-state index contributed by atoms with van der Waals surface area (Å²) in [6, 6.07) is 11.0. The van der Waals surface area contributed by atoms with E-state index < -0.39 is 11.7 Å². The molecule has 2 aromatic heterocycles. The minimum Gasteiger partial charge on any atom is -0.456 e. The zero-order valence-corrected chi connectivity index (χ0v) is 13.9. The molecule has 0 radical (unpaired) electrons. The summed E-state index contributed by atoms with van der Waals surface area (Å²) in [7, 11) is 0. The van der Waals surface area contributed by atoms with Gasteiger partial charge in [-0.3, -0.25) is 14.6 Å². The predicted octanol–water partition coefficient (Wildman–Crippen LogP) is 3.51. The number of carbonyl (C=O) groups excluding carboxylic acids is 2. The van der Waals surface area contributed by atoms with Crippen molar-refractivity contribution >= 4 is 28.4 Å². The van der Waals surface area contributed by atoms with Crippen LogP contribution in [0.25, 0.3) is 10.9 Å². The smallest absolute Gasteiger partial charge is 0.293 e. The van der Waals surface area contributed by atoms with Crippen molar-refractivity contribution in [3.8, 4) is 11.5 Å². The molecule has 1 N–H and O–H groups in total. The van der Waals surface area contributed by atoms with E-state index in [0.717, 1.165) is 10.9 Å². The maximum atomic E-state index is 11.7. The number of pyridine rings is 2. The molecular weight excluding hydrogens is 318 g/mol. The number of rotatable bonds is 2. The molecule has 0 saturated heterocycles. The molecule has 0 bridgehead atoms. The van der Waals surface area contributed by atoms with E-state index in [1.807, 2.05) is 44.2 Å². The molecule has 25 heavy (non-hydrogen) atoms. The Labute approximate surface area is 144 Å². The van der Waals surface area contributed by atoms with Gasteiger partial charge in [-0.05, 0) is 30.3 Å². The van der Waals surface area contributed by atoms with E-state index in [2.05, 4.69) is 15.3 Å². The standard InChI is InChI=1S/C17H11N3O3.C2H6/c21-13-9-11-15(6-8-19-16(11)20-17(13)22)23-14-5-1-4-12-10(14)3-2-7-18-12;1-2/h1-8H,9H2,(H,19,20,22);1-2H3. The molecule has 3 heterocycles. The largest absolute Gasteiger partial charge is 0.456 e. The van der Waals surface area contributed by atoms with Crippen LogP contribution in [0.2, 0.25) is 0 Å². The second kappa shape index (κ2) is 7.09. The number of aromatic nitrogens is 2. The van der Waals surface area contributed by atoms with Gasteiger partial charge in [0, 0.05) is 29.8 Å². The Kier molecular flexibility index (Phi) is 4.70. The van der Waals surface area contributed by atoms with Crippen molar-refractivity contribution in [3.63, 3.8) is 0 Å². The van der Waals surface area contributed by atoms with Gasteiger partial charge in [0.1, 0.15) is 17.3 Å². The van der Waals surface area contributed by atoms with Crippen molar-refractivity contribution in [3.05, 3.63) is 54.4 Å². The fourth-order valence-electron chi connectivity index (χ4n) is 2.55. The molecule has 0 fully saturated rings. The second-order valence-corrected chi connectivity index (χ2v) is 5.12. The fraction of sp³-hybridized carbons (Fsp3) is 0.158. The van der Waals surface area contributed by atoms with Crippen molar-refractivity contribution in [2.24, 2.45) is 0 Å². The van der Waals surface area contributed by atoms with Crippen molar-refractivity contribution in [1.82, 2.24) is 9.97 Å². The van der Waals surface area contributed by atoms with E-state index in [4.69, 9.17) is 4.74 Å². The summed E-state index contributed by atoms with van der Waals surface area (Å²) in [6.45, 7) is 4.00. The average molecular weight is 335 g/mol. The first-order valence-corrected chi connectivity index (χ1v) is 8.06. The zero-order valence-electron chi connectivity index (χ0n) is 13.9. The lowest BCUT2D eigenvalue weighted by atomic mass is 10.0. The summed E-state index contributed by atoms with van der Waals surface area (Å²) in [6.07, 6.45) is 3.23. The summed E-state index contributed by atoms with van der Waals surface area (Å²) in [5.74, 6) is 0.352. The van der Waals surface area contributed by atoms with Crippen LogP contribution in [0.3, 0.4) is 0 Å².